The fourth-order valence-corrected chi connectivity index (χ4v) is 4.73. The molecule has 0 saturated heterocycles. The molecule has 8 heteroatoms. The minimum absolute atomic E-state index is 0.130. The molecule has 148 valence electrons. The van der Waals surface area contributed by atoms with Crippen molar-refractivity contribution < 1.29 is 19.1 Å². The van der Waals surface area contributed by atoms with Gasteiger partial charge in [0.05, 0.1) is 11.6 Å². The highest BCUT2D eigenvalue weighted by Gasteiger charge is 2.32. The third kappa shape index (κ3) is 3.44. The number of hydrogen-bond acceptors (Lipinski definition) is 6. The van der Waals surface area contributed by atoms with Crippen molar-refractivity contribution in [3.05, 3.63) is 34.3 Å². The monoisotopic (exact) mass is 401 g/mol. The number of thiazole rings is 1. The smallest absolute Gasteiger partial charge is 0.257 e. The SMILES string of the molecule is CCN(CC)C(=O)C1CCCc2sc(NC(=O)c3ccc4c(c3)OCO4)nc21. The molecule has 0 spiro atoms. The van der Waals surface area contributed by atoms with Crippen molar-refractivity contribution >= 4 is 28.3 Å². The molecule has 2 amide bonds. The maximum atomic E-state index is 12.9. The summed E-state index contributed by atoms with van der Waals surface area (Å²) in [6, 6.07) is 5.09. The molecule has 7 nitrogen and oxygen atoms in total. The number of fused-ring (bicyclic) bond motifs is 2. The van der Waals surface area contributed by atoms with E-state index in [4.69, 9.17) is 9.47 Å². The molecule has 28 heavy (non-hydrogen) atoms. The lowest BCUT2D eigenvalue weighted by Crippen LogP contribution is -2.36. The number of rotatable bonds is 5. The van der Waals surface area contributed by atoms with E-state index in [1.54, 1.807) is 18.2 Å². The van der Waals surface area contributed by atoms with Gasteiger partial charge < -0.3 is 14.4 Å². The molecule has 0 saturated carbocycles. The Labute approximate surface area is 167 Å². The van der Waals surface area contributed by atoms with Gasteiger partial charge in [0, 0.05) is 23.5 Å². The lowest BCUT2D eigenvalue weighted by Gasteiger charge is -2.27. The highest BCUT2D eigenvalue weighted by molar-refractivity contribution is 7.16. The molecule has 2 aromatic rings. The van der Waals surface area contributed by atoms with Crippen LogP contribution in [0.4, 0.5) is 5.13 Å². The Balaban J connectivity index is 1.53. The first-order valence-electron chi connectivity index (χ1n) is 9.60. The quantitative estimate of drug-likeness (QED) is 0.830. The zero-order chi connectivity index (χ0) is 19.7. The summed E-state index contributed by atoms with van der Waals surface area (Å²) >= 11 is 1.46. The number of aromatic nitrogens is 1. The van der Waals surface area contributed by atoms with Gasteiger partial charge in [-0.15, -0.1) is 11.3 Å². The van der Waals surface area contributed by atoms with Crippen LogP contribution in [0.15, 0.2) is 18.2 Å². The predicted molar refractivity (Wildman–Crippen MR) is 106 cm³/mol. The number of anilines is 1. The van der Waals surface area contributed by atoms with Crippen LogP contribution < -0.4 is 14.8 Å². The topological polar surface area (TPSA) is 80.8 Å². The number of benzene rings is 1. The van der Waals surface area contributed by atoms with Gasteiger partial charge in [0.15, 0.2) is 16.6 Å². The van der Waals surface area contributed by atoms with E-state index in [0.29, 0.717) is 35.3 Å². The summed E-state index contributed by atoms with van der Waals surface area (Å²) in [5, 5.41) is 3.40. The summed E-state index contributed by atoms with van der Waals surface area (Å²) in [7, 11) is 0. The van der Waals surface area contributed by atoms with Gasteiger partial charge in [0.1, 0.15) is 0 Å². The van der Waals surface area contributed by atoms with E-state index in [-0.39, 0.29) is 24.5 Å². The van der Waals surface area contributed by atoms with Gasteiger partial charge in [-0.3, -0.25) is 14.9 Å². The molecule has 2 aliphatic rings. The zero-order valence-corrected chi connectivity index (χ0v) is 16.8. The molecule has 0 radical (unpaired) electrons. The van der Waals surface area contributed by atoms with Gasteiger partial charge in [-0.2, -0.15) is 0 Å². The van der Waals surface area contributed by atoms with Crippen molar-refractivity contribution in [2.45, 2.75) is 39.0 Å². The normalized spacial score (nSPS) is 17.1. The third-order valence-corrected chi connectivity index (χ3v) is 6.23. The molecule has 1 unspecified atom stereocenters. The Morgan fingerprint density at radius 2 is 2.04 bits per heavy atom. The minimum atomic E-state index is -0.254. The van der Waals surface area contributed by atoms with Gasteiger partial charge in [-0.1, -0.05) is 0 Å². The largest absolute Gasteiger partial charge is 0.454 e. The molecule has 1 aliphatic heterocycles. The number of ether oxygens (including phenoxy) is 2. The number of amides is 2. The van der Waals surface area contributed by atoms with Gasteiger partial charge in [0.2, 0.25) is 12.7 Å². The summed E-state index contributed by atoms with van der Waals surface area (Å²) in [5.74, 6) is 0.868. The first-order chi connectivity index (χ1) is 13.6. The average Bonchev–Trinajstić information content (AvgIpc) is 3.33. The summed E-state index contributed by atoms with van der Waals surface area (Å²) in [6.45, 7) is 5.53. The van der Waals surface area contributed by atoms with E-state index < -0.39 is 0 Å². The maximum absolute atomic E-state index is 12.9. The Morgan fingerprint density at radius 3 is 2.82 bits per heavy atom. The van der Waals surface area contributed by atoms with Crippen molar-refractivity contribution in [1.82, 2.24) is 9.88 Å². The van der Waals surface area contributed by atoms with Gasteiger partial charge in [0.25, 0.3) is 5.91 Å². The molecular weight excluding hydrogens is 378 g/mol. The Hall–Kier alpha value is -2.61. The van der Waals surface area contributed by atoms with Crippen molar-refractivity contribution in [2.75, 3.05) is 25.2 Å². The molecule has 1 aromatic carbocycles. The Morgan fingerprint density at radius 1 is 1.25 bits per heavy atom. The van der Waals surface area contributed by atoms with E-state index in [2.05, 4.69) is 10.3 Å². The molecule has 1 N–H and O–H groups in total. The number of aryl methyl sites for hydroxylation is 1. The van der Waals surface area contributed by atoms with Crippen molar-refractivity contribution in [3.63, 3.8) is 0 Å². The number of hydrogen-bond donors (Lipinski definition) is 1. The van der Waals surface area contributed by atoms with E-state index in [1.165, 1.54) is 11.3 Å². The van der Waals surface area contributed by atoms with Gasteiger partial charge >= 0.3 is 0 Å². The lowest BCUT2D eigenvalue weighted by molar-refractivity contribution is -0.132. The Kier molecular flexibility index (Phi) is 5.21. The number of likely N-dealkylation sites (N-methyl/N-ethyl adjacent to an activating group) is 1. The second-order valence-corrected chi connectivity index (χ2v) is 7.89. The number of nitrogens with zero attached hydrogens (tertiary/aromatic N) is 2. The molecule has 4 rings (SSSR count). The maximum Gasteiger partial charge on any atom is 0.257 e. The van der Waals surface area contributed by atoms with Crippen LogP contribution in [0.5, 0.6) is 11.5 Å². The van der Waals surface area contributed by atoms with Crippen molar-refractivity contribution in [3.8, 4) is 11.5 Å². The minimum Gasteiger partial charge on any atom is -0.454 e. The van der Waals surface area contributed by atoms with Gasteiger partial charge in [-0.05, 0) is 51.3 Å². The van der Waals surface area contributed by atoms with Crippen LogP contribution in [0.1, 0.15) is 53.5 Å². The highest BCUT2D eigenvalue weighted by atomic mass is 32.1. The summed E-state index contributed by atoms with van der Waals surface area (Å²) in [6.07, 6.45) is 2.67. The lowest BCUT2D eigenvalue weighted by atomic mass is 9.90. The third-order valence-electron chi connectivity index (χ3n) is 5.18. The van der Waals surface area contributed by atoms with E-state index in [1.807, 2.05) is 18.7 Å². The fourth-order valence-electron chi connectivity index (χ4n) is 3.67. The molecule has 0 fully saturated rings. The van der Waals surface area contributed by atoms with Crippen molar-refractivity contribution in [2.24, 2.45) is 0 Å². The standard InChI is InChI=1S/C20H23N3O4S/c1-3-23(4-2)19(25)13-6-5-7-16-17(13)21-20(28-16)22-18(24)12-8-9-14-15(10-12)27-11-26-14/h8-10,13H,3-7,11H2,1-2H3,(H,21,22,24). The first-order valence-corrected chi connectivity index (χ1v) is 10.4. The van der Waals surface area contributed by atoms with E-state index in [0.717, 1.165) is 29.8 Å². The first kappa shape index (κ1) is 18.7. The predicted octanol–water partition coefficient (Wildman–Crippen LogP) is 3.41. The second kappa shape index (κ2) is 7.79. The molecule has 1 aromatic heterocycles. The van der Waals surface area contributed by atoms with Crippen LogP contribution >= 0.6 is 11.3 Å². The Bertz CT molecular complexity index is 907. The number of nitrogens with one attached hydrogen (secondary N) is 1. The van der Waals surface area contributed by atoms with Crippen molar-refractivity contribution in [1.29, 1.82) is 0 Å². The average molecular weight is 401 g/mol. The molecule has 1 atom stereocenters. The van der Waals surface area contributed by atoms with Crippen LogP contribution in [0.3, 0.4) is 0 Å². The summed E-state index contributed by atoms with van der Waals surface area (Å²) in [4.78, 5) is 33.1. The van der Waals surface area contributed by atoms with E-state index >= 15 is 0 Å². The van der Waals surface area contributed by atoms with Gasteiger partial charge in [-0.25, -0.2) is 4.98 Å². The summed E-state index contributed by atoms with van der Waals surface area (Å²) < 4.78 is 10.6. The second-order valence-electron chi connectivity index (χ2n) is 6.80. The van der Waals surface area contributed by atoms with E-state index in [9.17, 15) is 9.59 Å². The van der Waals surface area contributed by atoms with Crippen LogP contribution in [-0.2, 0) is 11.2 Å². The van der Waals surface area contributed by atoms with Crippen LogP contribution in [0.2, 0.25) is 0 Å². The highest BCUT2D eigenvalue weighted by Crippen LogP contribution is 2.38. The fraction of sp³-hybridized carbons (Fsp3) is 0.450. The number of carbonyl (C=O) groups excluding carboxylic acids is 2. The van der Waals surface area contributed by atoms with Crippen LogP contribution in [0.25, 0.3) is 0 Å². The molecule has 2 heterocycles. The van der Waals surface area contributed by atoms with Crippen LogP contribution in [0, 0.1) is 0 Å². The molecular formula is C20H23N3O4S. The number of carbonyl (C=O) groups is 2. The van der Waals surface area contributed by atoms with Crippen LogP contribution in [-0.4, -0.2) is 41.6 Å². The molecule has 0 bridgehead atoms. The summed E-state index contributed by atoms with van der Waals surface area (Å²) in [5.41, 5.74) is 1.31. The molecule has 1 aliphatic carbocycles. The zero-order valence-electron chi connectivity index (χ0n) is 16.0.